The van der Waals surface area contributed by atoms with Gasteiger partial charge in [-0.25, -0.2) is 0 Å². The molecular weight excluding hydrogens is 168 g/mol. The van der Waals surface area contributed by atoms with Crippen molar-refractivity contribution in [2.75, 3.05) is 13.2 Å². The van der Waals surface area contributed by atoms with E-state index in [2.05, 4.69) is 0 Å². The van der Waals surface area contributed by atoms with Gasteiger partial charge >= 0.3 is 0 Å². The van der Waals surface area contributed by atoms with Crippen molar-refractivity contribution >= 4 is 5.78 Å². The molecule has 0 aromatic carbocycles. The first-order chi connectivity index (χ1) is 6.16. The van der Waals surface area contributed by atoms with Gasteiger partial charge in [0, 0.05) is 0 Å². The minimum atomic E-state index is -0.901. The molecule has 0 aromatic heterocycles. The van der Waals surface area contributed by atoms with Crippen molar-refractivity contribution in [1.82, 2.24) is 0 Å². The van der Waals surface area contributed by atoms with Gasteiger partial charge in [0.2, 0.25) is 0 Å². The van der Waals surface area contributed by atoms with Crippen LogP contribution in [-0.2, 0) is 9.53 Å². The molecule has 0 aromatic rings. The third kappa shape index (κ3) is 1.81. The van der Waals surface area contributed by atoms with E-state index in [9.17, 15) is 9.90 Å². The van der Waals surface area contributed by atoms with Crippen LogP contribution in [0.25, 0.3) is 0 Å². The van der Waals surface area contributed by atoms with Gasteiger partial charge in [0.05, 0.1) is 18.6 Å². The largest absolute Gasteiger partial charge is 0.384 e. The highest BCUT2D eigenvalue weighted by atomic mass is 16.5. The van der Waals surface area contributed by atoms with Gasteiger partial charge in [0.1, 0.15) is 6.10 Å². The molecule has 0 radical (unpaired) electrons. The normalized spacial score (nSPS) is 22.7. The van der Waals surface area contributed by atoms with Crippen molar-refractivity contribution in [3.05, 3.63) is 12.2 Å². The smallest absolute Gasteiger partial charge is 0.184 e. The number of carbonyl (C=O) groups is 1. The molecule has 1 rings (SSSR count). The zero-order chi connectivity index (χ0) is 9.90. The summed E-state index contributed by atoms with van der Waals surface area (Å²) >= 11 is 0. The second-order valence-corrected chi connectivity index (χ2v) is 3.51. The van der Waals surface area contributed by atoms with Gasteiger partial charge in [-0.3, -0.25) is 4.79 Å². The molecule has 1 fully saturated rings. The fraction of sp³-hybridized carbons (Fsp3) is 0.700. The van der Waals surface area contributed by atoms with Crippen LogP contribution in [0.5, 0.6) is 0 Å². The van der Waals surface area contributed by atoms with Crippen molar-refractivity contribution in [2.45, 2.75) is 26.4 Å². The van der Waals surface area contributed by atoms with Crippen molar-refractivity contribution < 1.29 is 14.6 Å². The van der Waals surface area contributed by atoms with Gasteiger partial charge < -0.3 is 9.84 Å². The lowest BCUT2D eigenvalue weighted by Crippen LogP contribution is -2.53. The van der Waals surface area contributed by atoms with Crippen LogP contribution in [-0.4, -0.2) is 30.2 Å². The minimum absolute atomic E-state index is 0.215. The van der Waals surface area contributed by atoms with Gasteiger partial charge in [-0.1, -0.05) is 13.0 Å². The fourth-order valence-electron chi connectivity index (χ4n) is 1.48. The van der Waals surface area contributed by atoms with Crippen LogP contribution in [0.4, 0.5) is 0 Å². The Hall–Kier alpha value is -0.670. The summed E-state index contributed by atoms with van der Waals surface area (Å²) < 4.78 is 5.04. The Balaban J connectivity index is 2.64. The lowest BCUT2D eigenvalue weighted by molar-refractivity contribution is -0.178. The molecule has 1 heterocycles. The van der Waals surface area contributed by atoms with Crippen LogP contribution in [0, 0.1) is 5.41 Å². The molecule has 1 unspecified atom stereocenters. The van der Waals surface area contributed by atoms with Crippen molar-refractivity contribution in [3.63, 3.8) is 0 Å². The summed E-state index contributed by atoms with van der Waals surface area (Å²) in [6, 6.07) is 0. The van der Waals surface area contributed by atoms with E-state index in [0.29, 0.717) is 13.2 Å². The zero-order valence-corrected chi connectivity index (χ0v) is 8.12. The number of hydrogen-bond donors (Lipinski definition) is 1. The molecule has 0 bridgehead atoms. The number of aliphatic hydroxyl groups is 1. The number of ketones is 1. The highest BCUT2D eigenvalue weighted by Crippen LogP contribution is 2.35. The molecule has 0 spiro atoms. The number of aliphatic hydroxyl groups excluding tert-OH is 1. The van der Waals surface area contributed by atoms with Gasteiger partial charge in [0.25, 0.3) is 0 Å². The lowest BCUT2D eigenvalue weighted by atomic mass is 9.76. The maximum Gasteiger partial charge on any atom is 0.184 e. The van der Waals surface area contributed by atoms with Gasteiger partial charge in [-0.05, 0) is 19.4 Å². The predicted octanol–water partition coefficient (Wildman–Crippen LogP) is 0.919. The van der Waals surface area contributed by atoms with E-state index in [0.717, 1.165) is 6.42 Å². The summed E-state index contributed by atoms with van der Waals surface area (Å²) in [5, 5.41) is 9.74. The molecule has 3 heteroatoms. The number of ether oxygens (including phenoxy) is 1. The molecule has 74 valence electrons. The molecule has 0 saturated carbocycles. The molecule has 0 amide bonds. The van der Waals surface area contributed by atoms with E-state index >= 15 is 0 Å². The van der Waals surface area contributed by atoms with E-state index in [4.69, 9.17) is 4.74 Å². The average molecular weight is 184 g/mol. The van der Waals surface area contributed by atoms with Crippen LogP contribution < -0.4 is 0 Å². The van der Waals surface area contributed by atoms with Crippen molar-refractivity contribution in [3.8, 4) is 0 Å². The van der Waals surface area contributed by atoms with Crippen LogP contribution >= 0.6 is 0 Å². The van der Waals surface area contributed by atoms with Crippen LogP contribution in [0.15, 0.2) is 12.2 Å². The SMILES string of the molecule is CC=CC(=O)C(O)C1(CC)COC1. The van der Waals surface area contributed by atoms with Crippen LogP contribution in [0.1, 0.15) is 20.3 Å². The maximum atomic E-state index is 11.3. The quantitative estimate of drug-likeness (QED) is 0.661. The fourth-order valence-corrected chi connectivity index (χ4v) is 1.48. The monoisotopic (exact) mass is 184 g/mol. The Morgan fingerprint density at radius 2 is 2.31 bits per heavy atom. The third-order valence-corrected chi connectivity index (χ3v) is 2.66. The van der Waals surface area contributed by atoms with E-state index < -0.39 is 6.10 Å². The van der Waals surface area contributed by atoms with E-state index in [1.807, 2.05) is 6.92 Å². The Morgan fingerprint density at radius 3 is 2.62 bits per heavy atom. The Kier molecular flexibility index (Phi) is 3.22. The highest BCUT2D eigenvalue weighted by molar-refractivity contribution is 5.94. The van der Waals surface area contributed by atoms with E-state index in [1.54, 1.807) is 13.0 Å². The molecular formula is C10H16O3. The van der Waals surface area contributed by atoms with Crippen molar-refractivity contribution in [1.29, 1.82) is 0 Å². The summed E-state index contributed by atoms with van der Waals surface area (Å²) in [6.45, 7) is 4.72. The zero-order valence-electron chi connectivity index (χ0n) is 8.12. The number of allylic oxidation sites excluding steroid dienone is 1. The van der Waals surface area contributed by atoms with Crippen LogP contribution in [0.3, 0.4) is 0 Å². The molecule has 3 nitrogen and oxygen atoms in total. The van der Waals surface area contributed by atoms with Gasteiger partial charge in [0.15, 0.2) is 5.78 Å². The van der Waals surface area contributed by atoms with Crippen LogP contribution in [0.2, 0.25) is 0 Å². The first kappa shape index (κ1) is 10.4. The molecule has 0 aliphatic carbocycles. The number of hydrogen-bond acceptors (Lipinski definition) is 3. The summed E-state index contributed by atoms with van der Waals surface area (Å²) in [7, 11) is 0. The first-order valence-electron chi connectivity index (χ1n) is 4.58. The molecule has 1 atom stereocenters. The van der Waals surface area contributed by atoms with E-state index in [-0.39, 0.29) is 11.2 Å². The Labute approximate surface area is 78.4 Å². The van der Waals surface area contributed by atoms with Crippen molar-refractivity contribution in [2.24, 2.45) is 5.41 Å². The lowest BCUT2D eigenvalue weighted by Gasteiger charge is -2.43. The third-order valence-electron chi connectivity index (χ3n) is 2.66. The van der Waals surface area contributed by atoms with Gasteiger partial charge in [-0.2, -0.15) is 0 Å². The second-order valence-electron chi connectivity index (χ2n) is 3.51. The molecule has 1 N–H and O–H groups in total. The highest BCUT2D eigenvalue weighted by Gasteiger charge is 2.46. The summed E-state index contributed by atoms with van der Waals surface area (Å²) in [5.74, 6) is -0.215. The summed E-state index contributed by atoms with van der Waals surface area (Å²) in [4.78, 5) is 11.3. The standard InChI is InChI=1S/C10H16O3/c1-3-5-8(11)9(12)10(4-2)6-13-7-10/h3,5,9,12H,4,6-7H2,1-2H3. The Morgan fingerprint density at radius 1 is 1.69 bits per heavy atom. The number of carbonyl (C=O) groups excluding carboxylic acids is 1. The number of rotatable bonds is 4. The predicted molar refractivity (Wildman–Crippen MR) is 49.4 cm³/mol. The second kappa shape index (κ2) is 4.03. The molecule has 1 saturated heterocycles. The molecule has 1 aliphatic rings. The summed E-state index contributed by atoms with van der Waals surface area (Å²) in [5.41, 5.74) is -0.323. The molecule has 1 aliphatic heterocycles. The topological polar surface area (TPSA) is 46.5 Å². The van der Waals surface area contributed by atoms with E-state index in [1.165, 1.54) is 6.08 Å². The maximum absolute atomic E-state index is 11.3. The summed E-state index contributed by atoms with van der Waals surface area (Å²) in [6.07, 6.45) is 2.94. The first-order valence-corrected chi connectivity index (χ1v) is 4.58. The molecule has 13 heavy (non-hydrogen) atoms. The minimum Gasteiger partial charge on any atom is -0.384 e. The average Bonchev–Trinajstić information content (AvgIpc) is 2.03. The Bertz CT molecular complexity index is 211. The van der Waals surface area contributed by atoms with Gasteiger partial charge in [-0.15, -0.1) is 0 Å².